The monoisotopic (exact) mass is 409 g/mol. The molecule has 0 aliphatic heterocycles. The van der Waals surface area contributed by atoms with Gasteiger partial charge in [0, 0.05) is 48.0 Å². The van der Waals surface area contributed by atoms with Crippen LogP contribution in [-0.4, -0.2) is 54.5 Å². The van der Waals surface area contributed by atoms with Gasteiger partial charge in [0.2, 0.25) is 0 Å². The predicted molar refractivity (Wildman–Crippen MR) is 116 cm³/mol. The molecule has 7 heteroatoms. The number of methoxy groups -OCH3 is 1. The smallest absolute Gasteiger partial charge is 0.191 e. The molecule has 3 atom stereocenters. The summed E-state index contributed by atoms with van der Waals surface area (Å²) in [4.78, 5) is 4.32. The molecule has 1 aliphatic carbocycles. The molecule has 0 radical (unpaired) electrons. The van der Waals surface area contributed by atoms with Crippen LogP contribution in [0.5, 0.6) is 5.75 Å². The number of guanidine groups is 1. The summed E-state index contributed by atoms with van der Waals surface area (Å²) in [6.07, 6.45) is 5.19. The molecule has 0 aromatic heterocycles. The van der Waals surface area contributed by atoms with Crippen LogP contribution in [0, 0.1) is 0 Å². The minimum Gasteiger partial charge on any atom is -0.497 e. The number of ether oxygens (including phenoxy) is 2. The van der Waals surface area contributed by atoms with Gasteiger partial charge in [0.25, 0.3) is 0 Å². The average Bonchev–Trinajstić information content (AvgIpc) is 2.75. The SMILES string of the molecule is CCS(=O)C1CCCC(NC(=NC)NCCCOCc2ccc(OC)cc2)C1. The fraction of sp³-hybridized carbons (Fsp3) is 0.667. The Labute approximate surface area is 171 Å². The van der Waals surface area contributed by atoms with Gasteiger partial charge in [-0.05, 0) is 43.4 Å². The van der Waals surface area contributed by atoms with E-state index in [1.807, 2.05) is 31.2 Å². The lowest BCUT2D eigenvalue weighted by molar-refractivity contribution is 0.119. The third kappa shape index (κ3) is 7.80. The molecular formula is C21H35N3O3S. The highest BCUT2D eigenvalue weighted by atomic mass is 32.2. The van der Waals surface area contributed by atoms with Crippen LogP contribution in [0.15, 0.2) is 29.3 Å². The number of nitrogens with zero attached hydrogens (tertiary/aromatic N) is 1. The first kappa shape index (κ1) is 22.7. The lowest BCUT2D eigenvalue weighted by Crippen LogP contribution is -2.46. The van der Waals surface area contributed by atoms with Crippen LogP contribution in [0.1, 0.15) is 44.6 Å². The Balaban J connectivity index is 1.61. The van der Waals surface area contributed by atoms with Gasteiger partial charge in [-0.2, -0.15) is 0 Å². The van der Waals surface area contributed by atoms with Crippen LogP contribution in [0.25, 0.3) is 0 Å². The molecule has 0 saturated heterocycles. The second kappa shape index (κ2) is 12.8. The summed E-state index contributed by atoms with van der Waals surface area (Å²) in [6.45, 7) is 4.11. The van der Waals surface area contributed by atoms with Gasteiger partial charge in [0.1, 0.15) is 5.75 Å². The molecule has 28 heavy (non-hydrogen) atoms. The van der Waals surface area contributed by atoms with E-state index in [1.165, 1.54) is 0 Å². The highest BCUT2D eigenvalue weighted by Gasteiger charge is 2.25. The lowest BCUT2D eigenvalue weighted by atomic mass is 9.95. The van der Waals surface area contributed by atoms with E-state index in [0.29, 0.717) is 24.5 Å². The van der Waals surface area contributed by atoms with Gasteiger partial charge >= 0.3 is 0 Å². The molecule has 0 amide bonds. The van der Waals surface area contributed by atoms with Gasteiger partial charge in [-0.25, -0.2) is 0 Å². The van der Waals surface area contributed by atoms with Crippen molar-refractivity contribution in [2.24, 2.45) is 4.99 Å². The molecule has 3 unspecified atom stereocenters. The summed E-state index contributed by atoms with van der Waals surface area (Å²) in [6, 6.07) is 8.29. The number of aliphatic imine (C=N–C) groups is 1. The van der Waals surface area contributed by atoms with E-state index in [2.05, 4.69) is 15.6 Å². The summed E-state index contributed by atoms with van der Waals surface area (Å²) in [5.74, 6) is 2.43. The Hall–Kier alpha value is -1.60. The van der Waals surface area contributed by atoms with E-state index < -0.39 is 10.8 Å². The molecule has 2 N–H and O–H groups in total. The first-order valence-corrected chi connectivity index (χ1v) is 11.6. The van der Waals surface area contributed by atoms with Crippen molar-refractivity contribution in [3.8, 4) is 5.75 Å². The van der Waals surface area contributed by atoms with Crippen molar-refractivity contribution in [2.45, 2.75) is 56.9 Å². The summed E-state index contributed by atoms with van der Waals surface area (Å²) in [7, 11) is 2.76. The molecule has 1 aromatic carbocycles. The van der Waals surface area contributed by atoms with E-state index in [4.69, 9.17) is 9.47 Å². The Kier molecular flexibility index (Phi) is 10.4. The quantitative estimate of drug-likeness (QED) is 0.353. The highest BCUT2D eigenvalue weighted by Crippen LogP contribution is 2.22. The maximum absolute atomic E-state index is 12.1. The van der Waals surface area contributed by atoms with Gasteiger partial charge in [-0.15, -0.1) is 0 Å². The number of hydrogen-bond donors (Lipinski definition) is 2. The Morgan fingerprint density at radius 3 is 2.75 bits per heavy atom. The molecule has 1 aromatic rings. The van der Waals surface area contributed by atoms with Crippen LogP contribution in [0.2, 0.25) is 0 Å². The second-order valence-electron chi connectivity index (χ2n) is 7.05. The Bertz CT molecular complexity index is 622. The van der Waals surface area contributed by atoms with Gasteiger partial charge in [0.05, 0.1) is 13.7 Å². The minimum atomic E-state index is -0.702. The first-order valence-electron chi connectivity index (χ1n) is 10.2. The van der Waals surface area contributed by atoms with Crippen molar-refractivity contribution in [1.29, 1.82) is 0 Å². The standard InChI is InChI=1S/C21H35N3O3S/c1-4-28(25)20-8-5-7-18(15-20)24-21(22-2)23-13-6-14-27-16-17-9-11-19(26-3)12-10-17/h9-12,18,20H,4-8,13-16H2,1-3H3,(H2,22,23,24). The third-order valence-corrected chi connectivity index (χ3v) is 6.77. The number of rotatable bonds is 10. The maximum Gasteiger partial charge on any atom is 0.191 e. The molecule has 0 spiro atoms. The fourth-order valence-corrected chi connectivity index (χ4v) is 4.78. The van der Waals surface area contributed by atoms with Crippen molar-refractivity contribution < 1.29 is 13.7 Å². The van der Waals surface area contributed by atoms with E-state index in [1.54, 1.807) is 14.2 Å². The zero-order valence-corrected chi connectivity index (χ0v) is 18.2. The van der Waals surface area contributed by atoms with Gasteiger partial charge in [0.15, 0.2) is 5.96 Å². The summed E-state index contributed by atoms with van der Waals surface area (Å²) in [5.41, 5.74) is 1.14. The number of hydrogen-bond acceptors (Lipinski definition) is 4. The summed E-state index contributed by atoms with van der Waals surface area (Å²) >= 11 is 0. The lowest BCUT2D eigenvalue weighted by Gasteiger charge is -2.30. The van der Waals surface area contributed by atoms with Crippen molar-refractivity contribution >= 4 is 16.8 Å². The van der Waals surface area contributed by atoms with Crippen molar-refractivity contribution in [1.82, 2.24) is 10.6 Å². The largest absolute Gasteiger partial charge is 0.497 e. The number of benzene rings is 1. The predicted octanol–water partition coefficient (Wildman–Crippen LogP) is 2.85. The third-order valence-electron chi connectivity index (χ3n) is 5.03. The average molecular weight is 410 g/mol. The minimum absolute atomic E-state index is 0.320. The Morgan fingerprint density at radius 1 is 1.29 bits per heavy atom. The second-order valence-corrected chi connectivity index (χ2v) is 9.06. The van der Waals surface area contributed by atoms with Crippen LogP contribution < -0.4 is 15.4 Å². The van der Waals surface area contributed by atoms with E-state index in [-0.39, 0.29) is 0 Å². The molecule has 158 valence electrons. The fourth-order valence-electron chi connectivity index (χ4n) is 3.43. The van der Waals surface area contributed by atoms with E-state index in [0.717, 1.165) is 61.7 Å². The Morgan fingerprint density at radius 2 is 2.07 bits per heavy atom. The van der Waals surface area contributed by atoms with Crippen LogP contribution in [0.4, 0.5) is 0 Å². The van der Waals surface area contributed by atoms with Gasteiger partial charge < -0.3 is 20.1 Å². The zero-order valence-electron chi connectivity index (χ0n) is 17.4. The molecule has 0 heterocycles. The summed E-state index contributed by atoms with van der Waals surface area (Å²) < 4.78 is 23.0. The van der Waals surface area contributed by atoms with Crippen molar-refractivity contribution in [2.75, 3.05) is 33.1 Å². The van der Waals surface area contributed by atoms with Gasteiger partial charge in [-0.1, -0.05) is 25.5 Å². The maximum atomic E-state index is 12.1. The highest BCUT2D eigenvalue weighted by molar-refractivity contribution is 7.85. The molecule has 0 bridgehead atoms. The van der Waals surface area contributed by atoms with E-state index in [9.17, 15) is 4.21 Å². The summed E-state index contributed by atoms with van der Waals surface area (Å²) in [5, 5.41) is 7.17. The molecule has 2 rings (SSSR count). The molecule has 6 nitrogen and oxygen atoms in total. The number of nitrogens with one attached hydrogen (secondary N) is 2. The van der Waals surface area contributed by atoms with Crippen LogP contribution in [0.3, 0.4) is 0 Å². The van der Waals surface area contributed by atoms with Gasteiger partial charge in [-0.3, -0.25) is 9.20 Å². The normalized spacial score (nSPS) is 21.2. The van der Waals surface area contributed by atoms with Crippen molar-refractivity contribution in [3.63, 3.8) is 0 Å². The van der Waals surface area contributed by atoms with Crippen LogP contribution in [-0.2, 0) is 22.1 Å². The van der Waals surface area contributed by atoms with Crippen molar-refractivity contribution in [3.05, 3.63) is 29.8 Å². The molecular weight excluding hydrogens is 374 g/mol. The topological polar surface area (TPSA) is 72.0 Å². The molecule has 1 fully saturated rings. The van der Waals surface area contributed by atoms with Crippen LogP contribution >= 0.6 is 0 Å². The van der Waals surface area contributed by atoms with E-state index >= 15 is 0 Å². The first-order chi connectivity index (χ1) is 13.7. The zero-order chi connectivity index (χ0) is 20.2. The molecule has 1 aliphatic rings. The molecule has 1 saturated carbocycles.